The summed E-state index contributed by atoms with van der Waals surface area (Å²) in [6.45, 7) is 7.45. The molecule has 0 amide bonds. The lowest BCUT2D eigenvalue weighted by Gasteiger charge is -2.15. The summed E-state index contributed by atoms with van der Waals surface area (Å²) < 4.78 is 10.4. The number of rotatable bonds is 0. The normalized spacial score (nSPS) is 35.6. The maximum atomic E-state index is 5.27. The molecule has 1 rings (SSSR count). The van der Waals surface area contributed by atoms with Gasteiger partial charge in [-0.2, -0.15) is 0 Å². The van der Waals surface area contributed by atoms with Crippen LogP contribution in [-0.2, 0) is 9.47 Å². The average molecular weight is 115 g/mol. The maximum Gasteiger partial charge on any atom is 0.163 e. The first kappa shape index (κ1) is 6.05. The van der Waals surface area contributed by atoms with Crippen molar-refractivity contribution in [1.82, 2.24) is 0 Å². The van der Waals surface area contributed by atoms with E-state index in [0.717, 1.165) is 0 Å². The summed E-state index contributed by atoms with van der Waals surface area (Å²) in [7, 11) is 0. The quantitative estimate of drug-likeness (QED) is 0.474. The van der Waals surface area contributed by atoms with E-state index in [1.807, 2.05) is 20.8 Å². The summed E-state index contributed by atoms with van der Waals surface area (Å²) in [5.41, 5.74) is 0. The molecule has 0 aromatic rings. The van der Waals surface area contributed by atoms with Crippen molar-refractivity contribution >= 4 is 0 Å². The van der Waals surface area contributed by atoms with Crippen LogP contribution in [-0.4, -0.2) is 11.9 Å². The Kier molecular flexibility index (Phi) is 1.29. The zero-order valence-corrected chi connectivity index (χ0v) is 5.47. The molecule has 8 heavy (non-hydrogen) atoms. The summed E-state index contributed by atoms with van der Waals surface area (Å²) in [6.07, 6.45) is 0.144. The Morgan fingerprint density at radius 2 is 2.12 bits per heavy atom. The second-order valence-corrected chi connectivity index (χ2v) is 2.48. The fraction of sp³-hybridized carbons (Fsp3) is 0.833. The van der Waals surface area contributed by atoms with Gasteiger partial charge in [0, 0.05) is 0 Å². The van der Waals surface area contributed by atoms with Gasteiger partial charge in [0.1, 0.15) is 6.61 Å². The maximum absolute atomic E-state index is 5.27. The Morgan fingerprint density at radius 1 is 1.50 bits per heavy atom. The van der Waals surface area contributed by atoms with Crippen LogP contribution < -0.4 is 0 Å². The summed E-state index contributed by atoms with van der Waals surface area (Å²) in [5.74, 6) is -0.389. The fourth-order valence-electron chi connectivity index (χ4n) is 0.763. The van der Waals surface area contributed by atoms with Gasteiger partial charge in [-0.1, -0.05) is 0 Å². The predicted molar refractivity (Wildman–Crippen MR) is 30.0 cm³/mol. The third-order valence-corrected chi connectivity index (χ3v) is 1.01. The van der Waals surface area contributed by atoms with Crippen LogP contribution in [0, 0.1) is 6.61 Å². The lowest BCUT2D eigenvalue weighted by atomic mass is 10.4. The van der Waals surface area contributed by atoms with E-state index < -0.39 is 0 Å². The minimum absolute atomic E-state index is 0.144. The van der Waals surface area contributed by atoms with Crippen LogP contribution in [0.2, 0.25) is 0 Å². The van der Waals surface area contributed by atoms with Crippen molar-refractivity contribution < 1.29 is 9.47 Å². The van der Waals surface area contributed by atoms with E-state index >= 15 is 0 Å². The van der Waals surface area contributed by atoms with Crippen molar-refractivity contribution in [3.63, 3.8) is 0 Å². The Bertz CT molecular complexity index is 88.5. The number of ether oxygens (including phenoxy) is 2. The molecule has 1 aliphatic heterocycles. The Balaban J connectivity index is 2.44. The lowest BCUT2D eigenvalue weighted by Crippen LogP contribution is -2.20. The van der Waals surface area contributed by atoms with Crippen LogP contribution in [0.5, 0.6) is 0 Å². The number of hydrogen-bond donors (Lipinski definition) is 0. The SMILES string of the molecule is CC1[CH]OC(C)(C)O1. The standard InChI is InChI=1S/C6H11O2/c1-5-4-7-6(2,3)8-5/h4-5H,1-3H3. The molecule has 1 fully saturated rings. The molecule has 0 spiro atoms. The van der Waals surface area contributed by atoms with Gasteiger partial charge in [0.15, 0.2) is 5.79 Å². The smallest absolute Gasteiger partial charge is 0.163 e. The van der Waals surface area contributed by atoms with Crippen LogP contribution in [0.25, 0.3) is 0 Å². The molecule has 2 heteroatoms. The van der Waals surface area contributed by atoms with E-state index in [0.29, 0.717) is 0 Å². The third-order valence-electron chi connectivity index (χ3n) is 1.01. The van der Waals surface area contributed by atoms with Crippen LogP contribution in [0.3, 0.4) is 0 Å². The first-order valence-corrected chi connectivity index (χ1v) is 2.79. The largest absolute Gasteiger partial charge is 0.345 e. The van der Waals surface area contributed by atoms with E-state index in [-0.39, 0.29) is 11.9 Å². The van der Waals surface area contributed by atoms with Crippen molar-refractivity contribution in [2.75, 3.05) is 0 Å². The van der Waals surface area contributed by atoms with Crippen molar-refractivity contribution in [3.05, 3.63) is 6.61 Å². The Hall–Kier alpha value is -0.0800. The number of hydrogen-bond acceptors (Lipinski definition) is 2. The molecule has 1 unspecified atom stereocenters. The van der Waals surface area contributed by atoms with Crippen LogP contribution in [0.15, 0.2) is 0 Å². The van der Waals surface area contributed by atoms with Crippen molar-refractivity contribution in [2.24, 2.45) is 0 Å². The zero-order valence-electron chi connectivity index (χ0n) is 5.47. The molecule has 2 nitrogen and oxygen atoms in total. The molecule has 47 valence electrons. The first-order valence-electron chi connectivity index (χ1n) is 2.79. The molecule has 1 aliphatic rings. The second kappa shape index (κ2) is 1.71. The predicted octanol–water partition coefficient (Wildman–Crippen LogP) is 1.32. The fourth-order valence-corrected chi connectivity index (χ4v) is 0.763. The minimum Gasteiger partial charge on any atom is -0.345 e. The van der Waals surface area contributed by atoms with Gasteiger partial charge in [-0.15, -0.1) is 0 Å². The monoisotopic (exact) mass is 115 g/mol. The molecule has 1 heterocycles. The van der Waals surface area contributed by atoms with Crippen molar-refractivity contribution in [3.8, 4) is 0 Å². The molecule has 0 bridgehead atoms. The second-order valence-electron chi connectivity index (χ2n) is 2.48. The molecular formula is C6H11O2. The summed E-state index contributed by atoms with van der Waals surface area (Å²) in [6, 6.07) is 0. The highest BCUT2D eigenvalue weighted by Gasteiger charge is 2.29. The minimum atomic E-state index is -0.389. The summed E-state index contributed by atoms with van der Waals surface area (Å²) in [4.78, 5) is 0. The van der Waals surface area contributed by atoms with Gasteiger partial charge in [0.2, 0.25) is 0 Å². The van der Waals surface area contributed by atoms with Gasteiger partial charge in [0.25, 0.3) is 0 Å². The average Bonchev–Trinajstić information content (AvgIpc) is 1.82. The van der Waals surface area contributed by atoms with E-state index in [2.05, 4.69) is 0 Å². The van der Waals surface area contributed by atoms with Gasteiger partial charge in [-0.25, -0.2) is 0 Å². The molecule has 0 aliphatic carbocycles. The van der Waals surface area contributed by atoms with Gasteiger partial charge >= 0.3 is 0 Å². The van der Waals surface area contributed by atoms with E-state index in [1.165, 1.54) is 0 Å². The summed E-state index contributed by atoms with van der Waals surface area (Å²) in [5, 5.41) is 0. The molecule has 1 radical (unpaired) electrons. The lowest BCUT2D eigenvalue weighted by molar-refractivity contribution is -0.131. The molecule has 0 N–H and O–H groups in total. The van der Waals surface area contributed by atoms with Crippen molar-refractivity contribution in [2.45, 2.75) is 32.7 Å². The van der Waals surface area contributed by atoms with Gasteiger partial charge in [-0.05, 0) is 20.8 Å². The Labute approximate surface area is 49.8 Å². The first-order chi connectivity index (χ1) is 3.60. The Morgan fingerprint density at radius 3 is 2.25 bits per heavy atom. The summed E-state index contributed by atoms with van der Waals surface area (Å²) >= 11 is 0. The van der Waals surface area contributed by atoms with E-state index in [1.54, 1.807) is 6.61 Å². The highest BCUT2D eigenvalue weighted by atomic mass is 16.7. The molecule has 0 aromatic heterocycles. The van der Waals surface area contributed by atoms with Crippen LogP contribution in [0.1, 0.15) is 20.8 Å². The highest BCUT2D eigenvalue weighted by Crippen LogP contribution is 2.24. The molecule has 0 saturated carbocycles. The molecule has 1 saturated heterocycles. The van der Waals surface area contributed by atoms with Crippen molar-refractivity contribution in [1.29, 1.82) is 0 Å². The molecule has 0 aromatic carbocycles. The van der Waals surface area contributed by atoms with Gasteiger partial charge in [0.05, 0.1) is 6.10 Å². The zero-order chi connectivity index (χ0) is 6.20. The molecule has 1 atom stereocenters. The highest BCUT2D eigenvalue weighted by molar-refractivity contribution is 4.75. The third kappa shape index (κ3) is 1.20. The van der Waals surface area contributed by atoms with Crippen LogP contribution >= 0.6 is 0 Å². The van der Waals surface area contributed by atoms with E-state index in [9.17, 15) is 0 Å². The van der Waals surface area contributed by atoms with E-state index in [4.69, 9.17) is 9.47 Å². The topological polar surface area (TPSA) is 18.5 Å². The molecular weight excluding hydrogens is 104 g/mol. The van der Waals surface area contributed by atoms with Crippen LogP contribution in [0.4, 0.5) is 0 Å². The van der Waals surface area contributed by atoms with Gasteiger partial charge < -0.3 is 9.47 Å². The van der Waals surface area contributed by atoms with Gasteiger partial charge in [-0.3, -0.25) is 0 Å².